The summed E-state index contributed by atoms with van der Waals surface area (Å²) in [4.78, 5) is 4.12. The quantitative estimate of drug-likeness (QED) is 0.262. The Labute approximate surface area is 132 Å². The Kier molecular flexibility index (Phi) is 9.28. The topological polar surface area (TPSA) is 54.2 Å². The lowest BCUT2D eigenvalue weighted by atomic mass is 10.4. The van der Waals surface area contributed by atoms with Gasteiger partial charge in [-0.3, -0.25) is 9.67 Å². The third-order valence-electron chi connectivity index (χ3n) is 2.58. The first-order valence-electron chi connectivity index (χ1n) is 6.24. The van der Waals surface area contributed by atoms with Gasteiger partial charge in [-0.1, -0.05) is 6.08 Å². The molecule has 2 N–H and O–H groups in total. The Morgan fingerprint density at radius 2 is 2.21 bits per heavy atom. The minimum absolute atomic E-state index is 0. The lowest BCUT2D eigenvalue weighted by Gasteiger charge is -2.10. The number of nitrogens with one attached hydrogen (secondary N) is 2. The summed E-state index contributed by atoms with van der Waals surface area (Å²) in [6.45, 7) is 10.3. The number of hydrogen-bond donors (Lipinski definition) is 2. The summed E-state index contributed by atoms with van der Waals surface area (Å²) in [7, 11) is 1.76. The molecular weight excluding hydrogens is 353 g/mol. The van der Waals surface area contributed by atoms with Crippen LogP contribution in [0.15, 0.2) is 23.7 Å². The monoisotopic (exact) mass is 377 g/mol. The molecule has 0 atom stereocenters. The molecule has 0 saturated carbocycles. The largest absolute Gasteiger partial charge is 0.356 e. The van der Waals surface area contributed by atoms with Crippen molar-refractivity contribution in [3.8, 4) is 0 Å². The van der Waals surface area contributed by atoms with Crippen molar-refractivity contribution in [3.05, 3.63) is 30.1 Å². The summed E-state index contributed by atoms with van der Waals surface area (Å²) in [5, 5.41) is 10.8. The predicted octanol–water partition coefficient (Wildman–Crippen LogP) is 1.86. The Balaban J connectivity index is 0.00000324. The van der Waals surface area contributed by atoms with E-state index in [0.29, 0.717) is 0 Å². The maximum atomic E-state index is 4.43. The highest BCUT2D eigenvalue weighted by Gasteiger charge is 2.00. The van der Waals surface area contributed by atoms with Gasteiger partial charge in [-0.15, -0.1) is 30.6 Å². The molecule has 0 aliphatic carbocycles. The number of nitrogens with zero attached hydrogens (tertiary/aromatic N) is 3. The molecule has 1 heterocycles. The maximum absolute atomic E-state index is 4.43. The van der Waals surface area contributed by atoms with E-state index in [9.17, 15) is 0 Å². The van der Waals surface area contributed by atoms with E-state index in [4.69, 9.17) is 0 Å². The van der Waals surface area contributed by atoms with Gasteiger partial charge < -0.3 is 10.6 Å². The van der Waals surface area contributed by atoms with Crippen molar-refractivity contribution in [2.45, 2.75) is 26.8 Å². The molecule has 108 valence electrons. The number of hydrogen-bond acceptors (Lipinski definition) is 2. The SMILES string of the molecule is C=CCNC(=NC)NCCCn1nc(C)cc1C.I. The van der Waals surface area contributed by atoms with E-state index >= 15 is 0 Å². The summed E-state index contributed by atoms with van der Waals surface area (Å²) in [6.07, 6.45) is 2.82. The van der Waals surface area contributed by atoms with Gasteiger partial charge in [0.25, 0.3) is 0 Å². The van der Waals surface area contributed by atoms with Crippen LogP contribution >= 0.6 is 24.0 Å². The summed E-state index contributed by atoms with van der Waals surface area (Å²) in [6, 6.07) is 2.10. The van der Waals surface area contributed by atoms with Crippen LogP contribution < -0.4 is 10.6 Å². The molecule has 19 heavy (non-hydrogen) atoms. The number of aromatic nitrogens is 2. The van der Waals surface area contributed by atoms with Crippen molar-refractivity contribution < 1.29 is 0 Å². The van der Waals surface area contributed by atoms with Crippen LogP contribution in [0.5, 0.6) is 0 Å². The van der Waals surface area contributed by atoms with E-state index in [2.05, 4.69) is 40.3 Å². The number of aryl methyl sites for hydroxylation is 3. The molecule has 0 aromatic carbocycles. The number of aliphatic imine (C=N–C) groups is 1. The van der Waals surface area contributed by atoms with E-state index in [1.54, 1.807) is 7.05 Å². The van der Waals surface area contributed by atoms with Gasteiger partial charge in [0.1, 0.15) is 0 Å². The van der Waals surface area contributed by atoms with Gasteiger partial charge in [0, 0.05) is 32.4 Å². The molecule has 0 fully saturated rings. The third kappa shape index (κ3) is 6.60. The highest BCUT2D eigenvalue weighted by molar-refractivity contribution is 14.0. The van der Waals surface area contributed by atoms with Crippen LogP contribution in [0.3, 0.4) is 0 Å². The second-order valence-corrected chi connectivity index (χ2v) is 4.17. The zero-order chi connectivity index (χ0) is 13.4. The smallest absolute Gasteiger partial charge is 0.191 e. The van der Waals surface area contributed by atoms with Gasteiger partial charge in [0.2, 0.25) is 0 Å². The zero-order valence-electron chi connectivity index (χ0n) is 11.9. The fourth-order valence-electron chi connectivity index (χ4n) is 1.73. The van der Waals surface area contributed by atoms with Gasteiger partial charge >= 0.3 is 0 Å². The lowest BCUT2D eigenvalue weighted by Crippen LogP contribution is -2.38. The van der Waals surface area contributed by atoms with Gasteiger partial charge in [0.05, 0.1) is 5.69 Å². The molecule has 0 amide bonds. The van der Waals surface area contributed by atoms with Crippen LogP contribution in [-0.2, 0) is 6.54 Å². The molecule has 0 aliphatic rings. The van der Waals surface area contributed by atoms with E-state index in [1.807, 2.05) is 17.7 Å². The molecular formula is C13H24IN5. The average Bonchev–Trinajstić information content (AvgIpc) is 2.67. The number of guanidine groups is 1. The Bertz CT molecular complexity index is 411. The molecule has 0 unspecified atom stereocenters. The second-order valence-electron chi connectivity index (χ2n) is 4.17. The van der Waals surface area contributed by atoms with E-state index in [-0.39, 0.29) is 24.0 Å². The number of rotatable bonds is 6. The fraction of sp³-hybridized carbons (Fsp3) is 0.538. The molecule has 0 saturated heterocycles. The van der Waals surface area contributed by atoms with Crippen LogP contribution in [-0.4, -0.2) is 35.9 Å². The first-order chi connectivity index (χ1) is 8.67. The van der Waals surface area contributed by atoms with Crippen LogP contribution in [0.1, 0.15) is 17.8 Å². The van der Waals surface area contributed by atoms with Crippen molar-refractivity contribution >= 4 is 29.9 Å². The van der Waals surface area contributed by atoms with Crippen LogP contribution in [0.25, 0.3) is 0 Å². The zero-order valence-corrected chi connectivity index (χ0v) is 14.3. The minimum atomic E-state index is 0. The first kappa shape index (κ1) is 17.9. The summed E-state index contributed by atoms with van der Waals surface area (Å²) >= 11 is 0. The van der Waals surface area contributed by atoms with Crippen LogP contribution in [0, 0.1) is 13.8 Å². The Hall–Kier alpha value is -1.05. The maximum Gasteiger partial charge on any atom is 0.191 e. The molecule has 5 nitrogen and oxygen atoms in total. The summed E-state index contributed by atoms with van der Waals surface area (Å²) in [5.41, 5.74) is 2.28. The van der Waals surface area contributed by atoms with Gasteiger partial charge in [-0.05, 0) is 26.3 Å². The molecule has 0 aliphatic heterocycles. The molecule has 0 spiro atoms. The van der Waals surface area contributed by atoms with Crippen molar-refractivity contribution in [1.82, 2.24) is 20.4 Å². The van der Waals surface area contributed by atoms with Crippen LogP contribution in [0.4, 0.5) is 0 Å². The van der Waals surface area contributed by atoms with E-state index in [0.717, 1.165) is 37.7 Å². The van der Waals surface area contributed by atoms with E-state index < -0.39 is 0 Å². The van der Waals surface area contributed by atoms with Gasteiger partial charge in [0.15, 0.2) is 5.96 Å². The Morgan fingerprint density at radius 3 is 2.74 bits per heavy atom. The van der Waals surface area contributed by atoms with Crippen molar-refractivity contribution in [2.24, 2.45) is 4.99 Å². The normalized spacial score (nSPS) is 10.8. The molecule has 0 bridgehead atoms. The molecule has 0 radical (unpaired) electrons. The standard InChI is InChI=1S/C13H23N5.HI/c1-5-7-15-13(14-4)16-8-6-9-18-12(3)10-11(2)17-18;/h5,10H,1,6-9H2,2-4H3,(H2,14,15,16);1H. The van der Waals surface area contributed by atoms with Gasteiger partial charge in [-0.2, -0.15) is 5.10 Å². The number of halogens is 1. The van der Waals surface area contributed by atoms with Crippen molar-refractivity contribution in [2.75, 3.05) is 20.1 Å². The van der Waals surface area contributed by atoms with Crippen molar-refractivity contribution in [1.29, 1.82) is 0 Å². The molecule has 1 aromatic rings. The highest BCUT2D eigenvalue weighted by atomic mass is 127. The molecule has 6 heteroatoms. The second kappa shape index (κ2) is 9.82. The fourth-order valence-corrected chi connectivity index (χ4v) is 1.73. The third-order valence-corrected chi connectivity index (χ3v) is 2.58. The predicted molar refractivity (Wildman–Crippen MR) is 91.3 cm³/mol. The van der Waals surface area contributed by atoms with Crippen molar-refractivity contribution in [3.63, 3.8) is 0 Å². The Morgan fingerprint density at radius 1 is 1.47 bits per heavy atom. The minimum Gasteiger partial charge on any atom is -0.356 e. The molecule has 1 rings (SSSR count). The van der Waals surface area contributed by atoms with E-state index in [1.165, 1.54) is 5.69 Å². The lowest BCUT2D eigenvalue weighted by molar-refractivity contribution is 0.555. The summed E-state index contributed by atoms with van der Waals surface area (Å²) < 4.78 is 2.04. The van der Waals surface area contributed by atoms with Crippen LogP contribution in [0.2, 0.25) is 0 Å². The highest BCUT2D eigenvalue weighted by Crippen LogP contribution is 2.01. The average molecular weight is 377 g/mol. The summed E-state index contributed by atoms with van der Waals surface area (Å²) in [5.74, 6) is 0.809. The van der Waals surface area contributed by atoms with Gasteiger partial charge in [-0.25, -0.2) is 0 Å². The molecule has 1 aromatic heterocycles. The first-order valence-corrected chi connectivity index (χ1v) is 6.24.